The van der Waals surface area contributed by atoms with E-state index in [9.17, 15) is 9.59 Å². The maximum atomic E-state index is 11.6. The molecule has 0 aliphatic rings. The summed E-state index contributed by atoms with van der Waals surface area (Å²) in [6, 6.07) is 0. The molecular weight excluding hydrogens is 238 g/mol. The number of ether oxygens (including phenoxy) is 1. The molecule has 1 heterocycles. The van der Waals surface area contributed by atoms with Gasteiger partial charge in [0.05, 0.1) is 18.7 Å². The molecule has 0 aliphatic heterocycles. The van der Waals surface area contributed by atoms with Crippen molar-refractivity contribution in [2.24, 2.45) is 0 Å². The summed E-state index contributed by atoms with van der Waals surface area (Å²) in [5.74, 6) is -1.37. The average Bonchev–Trinajstić information content (AvgIpc) is 2.36. The fraction of sp³-hybridized carbons (Fsp3) is 0.455. The summed E-state index contributed by atoms with van der Waals surface area (Å²) in [4.78, 5) is 29.8. The van der Waals surface area contributed by atoms with Gasteiger partial charge in [-0.1, -0.05) is 0 Å². The predicted octanol–water partition coefficient (Wildman–Crippen LogP) is 0.0862. The number of carbonyl (C=O) groups is 2. The number of aliphatic carboxylic acids is 1. The van der Waals surface area contributed by atoms with Crippen molar-refractivity contribution in [2.75, 3.05) is 13.2 Å². The van der Waals surface area contributed by atoms with E-state index < -0.39 is 18.0 Å². The van der Waals surface area contributed by atoms with Crippen LogP contribution in [0.25, 0.3) is 0 Å². The van der Waals surface area contributed by atoms with Crippen LogP contribution in [0, 0.1) is 0 Å². The smallest absolute Gasteiger partial charge is 0.306 e. The predicted molar refractivity (Wildman–Crippen MR) is 62.0 cm³/mol. The Morgan fingerprint density at radius 3 is 2.83 bits per heavy atom. The molecule has 0 bridgehead atoms. The van der Waals surface area contributed by atoms with Gasteiger partial charge in [-0.05, 0) is 6.92 Å². The van der Waals surface area contributed by atoms with Crippen molar-refractivity contribution >= 4 is 11.9 Å². The number of carboxylic acid groups (broad SMARTS) is 1. The van der Waals surface area contributed by atoms with Crippen LogP contribution in [0.15, 0.2) is 18.6 Å². The zero-order chi connectivity index (χ0) is 13.4. The molecule has 0 aliphatic carbocycles. The molecule has 7 nitrogen and oxygen atoms in total. The van der Waals surface area contributed by atoms with Crippen molar-refractivity contribution in [1.29, 1.82) is 0 Å². The molecule has 18 heavy (non-hydrogen) atoms. The van der Waals surface area contributed by atoms with Crippen molar-refractivity contribution in [1.82, 2.24) is 15.3 Å². The van der Waals surface area contributed by atoms with Gasteiger partial charge in [0.15, 0.2) is 0 Å². The van der Waals surface area contributed by atoms with Crippen LogP contribution in [0.3, 0.4) is 0 Å². The number of carbonyl (C=O) groups excluding carboxylic acids is 1. The van der Waals surface area contributed by atoms with Gasteiger partial charge >= 0.3 is 5.97 Å². The molecule has 0 saturated carbocycles. The Morgan fingerprint density at radius 2 is 2.28 bits per heavy atom. The van der Waals surface area contributed by atoms with E-state index >= 15 is 0 Å². The Hall–Kier alpha value is -2.02. The summed E-state index contributed by atoms with van der Waals surface area (Å²) in [5.41, 5.74) is 0.183. The quantitative estimate of drug-likeness (QED) is 0.714. The van der Waals surface area contributed by atoms with E-state index in [1.807, 2.05) is 0 Å². The SMILES string of the molecule is CCOC(CNC(=O)c1cnccn1)CC(=O)O. The fourth-order valence-corrected chi connectivity index (χ4v) is 1.33. The Morgan fingerprint density at radius 1 is 1.50 bits per heavy atom. The Labute approximate surface area is 104 Å². The number of nitrogens with one attached hydrogen (secondary N) is 1. The molecule has 1 atom stereocenters. The van der Waals surface area contributed by atoms with Gasteiger partial charge in [0, 0.05) is 25.5 Å². The zero-order valence-electron chi connectivity index (χ0n) is 10.00. The first-order valence-electron chi connectivity index (χ1n) is 5.51. The first-order chi connectivity index (χ1) is 8.63. The highest BCUT2D eigenvalue weighted by molar-refractivity contribution is 5.91. The second-order valence-corrected chi connectivity index (χ2v) is 3.48. The Bertz CT molecular complexity index is 397. The highest BCUT2D eigenvalue weighted by Crippen LogP contribution is 1.98. The summed E-state index contributed by atoms with van der Waals surface area (Å²) in [5, 5.41) is 11.2. The minimum absolute atomic E-state index is 0.121. The molecule has 1 amide bonds. The second-order valence-electron chi connectivity index (χ2n) is 3.48. The molecular formula is C11H15N3O4. The molecule has 0 radical (unpaired) electrons. The number of nitrogens with zero attached hydrogens (tertiary/aromatic N) is 2. The van der Waals surface area contributed by atoms with Crippen LogP contribution in [-0.2, 0) is 9.53 Å². The number of carboxylic acids is 1. The summed E-state index contributed by atoms with van der Waals surface area (Å²) >= 11 is 0. The van der Waals surface area contributed by atoms with Crippen LogP contribution >= 0.6 is 0 Å². The van der Waals surface area contributed by atoms with E-state index in [-0.39, 0.29) is 18.7 Å². The second kappa shape index (κ2) is 7.33. The first-order valence-corrected chi connectivity index (χ1v) is 5.51. The maximum absolute atomic E-state index is 11.6. The van der Waals surface area contributed by atoms with Gasteiger partial charge in [0.2, 0.25) is 0 Å². The lowest BCUT2D eigenvalue weighted by Crippen LogP contribution is -2.35. The van der Waals surface area contributed by atoms with Crippen LogP contribution in [0.2, 0.25) is 0 Å². The van der Waals surface area contributed by atoms with Gasteiger partial charge in [-0.2, -0.15) is 0 Å². The van der Waals surface area contributed by atoms with E-state index in [0.717, 1.165) is 0 Å². The number of aromatic nitrogens is 2. The Kier molecular flexibility index (Phi) is 5.72. The molecule has 1 aromatic rings. The fourth-order valence-electron chi connectivity index (χ4n) is 1.33. The summed E-state index contributed by atoms with van der Waals surface area (Å²) in [6.07, 6.45) is 3.50. The molecule has 0 saturated heterocycles. The molecule has 0 spiro atoms. The molecule has 0 aromatic carbocycles. The lowest BCUT2D eigenvalue weighted by Gasteiger charge is -2.15. The summed E-state index contributed by atoms with van der Waals surface area (Å²) in [6.45, 7) is 2.27. The minimum Gasteiger partial charge on any atom is -0.481 e. The normalized spacial score (nSPS) is 11.8. The van der Waals surface area contributed by atoms with Crippen molar-refractivity contribution in [3.63, 3.8) is 0 Å². The third-order valence-electron chi connectivity index (χ3n) is 2.09. The molecule has 98 valence electrons. The Balaban J connectivity index is 2.46. The summed E-state index contributed by atoms with van der Waals surface area (Å²) in [7, 11) is 0. The molecule has 1 rings (SSSR count). The first kappa shape index (κ1) is 14.0. The monoisotopic (exact) mass is 253 g/mol. The number of hydrogen-bond acceptors (Lipinski definition) is 5. The van der Waals surface area contributed by atoms with E-state index in [1.54, 1.807) is 6.92 Å². The van der Waals surface area contributed by atoms with Gasteiger partial charge in [0.25, 0.3) is 5.91 Å². The van der Waals surface area contributed by atoms with Crippen LogP contribution in [-0.4, -0.2) is 46.2 Å². The van der Waals surface area contributed by atoms with Crippen molar-refractivity contribution in [3.05, 3.63) is 24.3 Å². The van der Waals surface area contributed by atoms with Gasteiger partial charge in [0.1, 0.15) is 5.69 Å². The number of amides is 1. The lowest BCUT2D eigenvalue weighted by molar-refractivity contribution is -0.140. The van der Waals surface area contributed by atoms with E-state index in [2.05, 4.69) is 15.3 Å². The lowest BCUT2D eigenvalue weighted by atomic mass is 10.2. The minimum atomic E-state index is -0.970. The third-order valence-corrected chi connectivity index (χ3v) is 2.09. The third kappa shape index (κ3) is 4.88. The molecule has 2 N–H and O–H groups in total. The average molecular weight is 253 g/mol. The highest BCUT2D eigenvalue weighted by atomic mass is 16.5. The number of hydrogen-bond donors (Lipinski definition) is 2. The van der Waals surface area contributed by atoms with Gasteiger partial charge < -0.3 is 15.2 Å². The standard InChI is InChI=1S/C11H15N3O4/c1-2-18-8(5-10(15)16)6-14-11(17)9-7-12-3-4-13-9/h3-4,7-8H,2,5-6H2,1H3,(H,14,17)(H,15,16). The van der Waals surface area contributed by atoms with Crippen molar-refractivity contribution < 1.29 is 19.4 Å². The van der Waals surface area contributed by atoms with Crippen LogP contribution < -0.4 is 5.32 Å². The van der Waals surface area contributed by atoms with Gasteiger partial charge in [-0.3, -0.25) is 14.6 Å². The van der Waals surface area contributed by atoms with Crippen LogP contribution in [0.1, 0.15) is 23.8 Å². The molecule has 7 heteroatoms. The molecule has 1 aromatic heterocycles. The van der Waals surface area contributed by atoms with E-state index in [0.29, 0.717) is 6.61 Å². The van der Waals surface area contributed by atoms with Crippen LogP contribution in [0.5, 0.6) is 0 Å². The number of rotatable bonds is 7. The topological polar surface area (TPSA) is 101 Å². The van der Waals surface area contributed by atoms with Gasteiger partial charge in [-0.25, -0.2) is 4.98 Å². The zero-order valence-corrected chi connectivity index (χ0v) is 10.00. The molecule has 0 fully saturated rings. The van der Waals surface area contributed by atoms with E-state index in [4.69, 9.17) is 9.84 Å². The van der Waals surface area contributed by atoms with E-state index in [1.165, 1.54) is 18.6 Å². The van der Waals surface area contributed by atoms with Crippen LogP contribution in [0.4, 0.5) is 0 Å². The summed E-state index contributed by atoms with van der Waals surface area (Å²) < 4.78 is 5.21. The largest absolute Gasteiger partial charge is 0.481 e. The highest BCUT2D eigenvalue weighted by Gasteiger charge is 2.15. The van der Waals surface area contributed by atoms with Crippen molar-refractivity contribution in [2.45, 2.75) is 19.4 Å². The maximum Gasteiger partial charge on any atom is 0.306 e. The van der Waals surface area contributed by atoms with Gasteiger partial charge in [-0.15, -0.1) is 0 Å². The molecule has 1 unspecified atom stereocenters. The van der Waals surface area contributed by atoms with Crippen molar-refractivity contribution in [3.8, 4) is 0 Å².